The van der Waals surface area contributed by atoms with Gasteiger partial charge >= 0.3 is 5.97 Å². The maximum atomic E-state index is 12.2. The molecule has 0 radical (unpaired) electrons. The van der Waals surface area contributed by atoms with Gasteiger partial charge in [0, 0.05) is 16.2 Å². The highest BCUT2D eigenvalue weighted by Crippen LogP contribution is 2.45. The number of amides is 1. The summed E-state index contributed by atoms with van der Waals surface area (Å²) in [5, 5.41) is 3.98. The van der Waals surface area contributed by atoms with Crippen molar-refractivity contribution in [2.24, 2.45) is 0 Å². The maximum absolute atomic E-state index is 12.2. The van der Waals surface area contributed by atoms with Crippen molar-refractivity contribution < 1.29 is 14.3 Å². The Morgan fingerprint density at radius 3 is 2.55 bits per heavy atom. The minimum atomic E-state index is -0.583. The molecule has 1 aromatic rings. The van der Waals surface area contributed by atoms with E-state index in [-0.39, 0.29) is 11.7 Å². The number of nitrogens with one attached hydrogen (secondary N) is 1. The lowest BCUT2D eigenvalue weighted by Crippen LogP contribution is -2.26. The van der Waals surface area contributed by atoms with Crippen molar-refractivity contribution in [1.82, 2.24) is 4.98 Å². The highest BCUT2D eigenvalue weighted by molar-refractivity contribution is 8.37. The first-order valence-corrected chi connectivity index (χ1v) is 8.70. The van der Waals surface area contributed by atoms with Crippen molar-refractivity contribution in [3.63, 3.8) is 0 Å². The number of esters is 1. The Hall–Kier alpha value is -0.990. The first kappa shape index (κ1) is 15.4. The summed E-state index contributed by atoms with van der Waals surface area (Å²) in [7, 11) is 0. The molecular formula is C12H14N2O3S3. The Morgan fingerprint density at radius 1 is 1.40 bits per heavy atom. The van der Waals surface area contributed by atoms with E-state index >= 15 is 0 Å². The fourth-order valence-corrected chi connectivity index (χ4v) is 3.62. The summed E-state index contributed by atoms with van der Waals surface area (Å²) in [4.78, 5) is 29.3. The molecule has 0 aliphatic carbocycles. The molecule has 0 unspecified atom stereocenters. The molecule has 20 heavy (non-hydrogen) atoms. The van der Waals surface area contributed by atoms with E-state index in [1.165, 1.54) is 34.9 Å². The van der Waals surface area contributed by atoms with Crippen LogP contribution in [0.4, 0.5) is 5.13 Å². The summed E-state index contributed by atoms with van der Waals surface area (Å²) in [6.07, 6.45) is 1.41. The van der Waals surface area contributed by atoms with Gasteiger partial charge in [-0.15, -0.1) is 34.9 Å². The van der Waals surface area contributed by atoms with Gasteiger partial charge in [-0.3, -0.25) is 10.1 Å². The summed E-state index contributed by atoms with van der Waals surface area (Å²) in [5.74, 6) is -1.04. The van der Waals surface area contributed by atoms with Crippen LogP contribution in [0.25, 0.3) is 0 Å². The van der Waals surface area contributed by atoms with Crippen molar-refractivity contribution in [1.29, 1.82) is 0 Å². The lowest BCUT2D eigenvalue weighted by atomic mass is 10.3. The Balaban J connectivity index is 2.15. The molecular weight excluding hydrogens is 316 g/mol. The topological polar surface area (TPSA) is 68.3 Å². The van der Waals surface area contributed by atoms with Crippen LogP contribution in [0.1, 0.15) is 18.7 Å². The molecule has 0 spiro atoms. The minimum Gasteiger partial charge on any atom is -0.459 e. The number of carbonyl (C=O) groups excluding carboxylic acids is 2. The smallest absolute Gasteiger partial charge is 0.345 e. The molecule has 1 N–H and O–H groups in total. The third-order valence-corrected chi connectivity index (χ3v) is 5.61. The van der Waals surface area contributed by atoms with Gasteiger partial charge in [-0.2, -0.15) is 0 Å². The van der Waals surface area contributed by atoms with E-state index in [0.717, 1.165) is 9.96 Å². The van der Waals surface area contributed by atoms with Crippen molar-refractivity contribution in [3.8, 4) is 0 Å². The van der Waals surface area contributed by atoms with Gasteiger partial charge in [-0.25, -0.2) is 9.78 Å². The van der Waals surface area contributed by atoms with Crippen LogP contribution in [0, 0.1) is 6.92 Å². The normalized spacial score (nSPS) is 13.9. The van der Waals surface area contributed by atoms with Gasteiger partial charge in [0.1, 0.15) is 5.57 Å². The van der Waals surface area contributed by atoms with E-state index < -0.39 is 11.9 Å². The number of hydrogen-bond acceptors (Lipinski definition) is 7. The van der Waals surface area contributed by atoms with E-state index in [1.807, 2.05) is 6.92 Å². The first-order chi connectivity index (χ1) is 9.47. The Kier molecular flexibility index (Phi) is 5.11. The second kappa shape index (κ2) is 6.64. The molecule has 0 saturated carbocycles. The van der Waals surface area contributed by atoms with E-state index in [9.17, 15) is 9.59 Å². The number of rotatable bonds is 4. The number of carbonyl (C=O) groups is 2. The van der Waals surface area contributed by atoms with E-state index in [1.54, 1.807) is 20.0 Å². The van der Waals surface area contributed by atoms with Crippen LogP contribution in [-0.2, 0) is 14.3 Å². The molecule has 2 rings (SSSR count). The number of thiazole rings is 1. The molecule has 1 aromatic heterocycles. The second-order valence-corrected chi connectivity index (χ2v) is 8.08. The fourth-order valence-electron chi connectivity index (χ4n) is 1.38. The third-order valence-electron chi connectivity index (χ3n) is 2.20. The van der Waals surface area contributed by atoms with Gasteiger partial charge in [-0.05, 0) is 20.8 Å². The van der Waals surface area contributed by atoms with Gasteiger partial charge in [0.25, 0.3) is 5.91 Å². The van der Waals surface area contributed by atoms with E-state index in [0.29, 0.717) is 9.37 Å². The summed E-state index contributed by atoms with van der Waals surface area (Å²) < 4.78 is 5.84. The summed E-state index contributed by atoms with van der Waals surface area (Å²) >= 11 is 4.32. The average molecular weight is 330 g/mol. The summed E-state index contributed by atoms with van der Waals surface area (Å²) in [6.45, 7) is 5.41. The first-order valence-electron chi connectivity index (χ1n) is 5.92. The van der Waals surface area contributed by atoms with Gasteiger partial charge in [0.15, 0.2) is 5.13 Å². The SMILES string of the molecule is Cc1cnc(NC(=O)C(C(=O)OC(C)C)=C2SCS2)s1. The average Bonchev–Trinajstić information content (AvgIpc) is 2.67. The van der Waals surface area contributed by atoms with Crippen LogP contribution in [0.3, 0.4) is 0 Å². The second-order valence-electron chi connectivity index (χ2n) is 4.25. The molecule has 0 bridgehead atoms. The van der Waals surface area contributed by atoms with Crippen LogP contribution < -0.4 is 5.32 Å². The van der Waals surface area contributed by atoms with Crippen molar-refractivity contribution in [2.45, 2.75) is 26.9 Å². The van der Waals surface area contributed by atoms with Crippen LogP contribution in [0.2, 0.25) is 0 Å². The molecule has 1 fully saturated rings. The lowest BCUT2D eigenvalue weighted by Gasteiger charge is -2.19. The fraction of sp³-hybridized carbons (Fsp3) is 0.417. The van der Waals surface area contributed by atoms with Gasteiger partial charge in [0.05, 0.1) is 10.3 Å². The van der Waals surface area contributed by atoms with Gasteiger partial charge in [0.2, 0.25) is 0 Å². The predicted molar refractivity (Wildman–Crippen MR) is 83.8 cm³/mol. The van der Waals surface area contributed by atoms with Crippen LogP contribution in [0.5, 0.6) is 0 Å². The Bertz CT molecular complexity index is 560. The summed E-state index contributed by atoms with van der Waals surface area (Å²) in [5.41, 5.74) is 0.0767. The zero-order valence-electron chi connectivity index (χ0n) is 11.3. The number of ether oxygens (including phenoxy) is 1. The van der Waals surface area contributed by atoms with Crippen LogP contribution in [-0.4, -0.2) is 28.0 Å². The molecule has 0 aromatic carbocycles. The monoisotopic (exact) mass is 330 g/mol. The zero-order valence-corrected chi connectivity index (χ0v) is 13.7. The molecule has 1 saturated heterocycles. The number of anilines is 1. The molecule has 8 heteroatoms. The molecule has 1 aliphatic heterocycles. The van der Waals surface area contributed by atoms with Crippen molar-refractivity contribution >= 4 is 51.9 Å². The van der Waals surface area contributed by atoms with Gasteiger partial charge in [-0.1, -0.05) is 0 Å². The number of thioether (sulfide) groups is 2. The minimum absolute atomic E-state index is 0.0767. The standard InChI is InChI=1S/C12H14N2O3S3/c1-6(2)17-10(16)8(11-18-5-19-11)9(15)14-12-13-4-7(3)20-12/h4,6H,5H2,1-3H3,(H,13,14,15). The highest BCUT2D eigenvalue weighted by Gasteiger charge is 2.30. The predicted octanol–water partition coefficient (Wildman–Crippen LogP) is 2.99. The molecule has 5 nitrogen and oxygen atoms in total. The van der Waals surface area contributed by atoms with Crippen molar-refractivity contribution in [3.05, 3.63) is 20.9 Å². The number of nitrogens with zero attached hydrogens (tertiary/aromatic N) is 1. The van der Waals surface area contributed by atoms with Crippen LogP contribution >= 0.6 is 34.9 Å². The Labute approximate surface area is 129 Å². The molecule has 1 amide bonds. The van der Waals surface area contributed by atoms with Crippen LogP contribution in [0.15, 0.2) is 16.0 Å². The van der Waals surface area contributed by atoms with E-state index in [4.69, 9.17) is 4.74 Å². The highest BCUT2D eigenvalue weighted by atomic mass is 32.3. The van der Waals surface area contributed by atoms with Gasteiger partial charge < -0.3 is 4.74 Å². The molecule has 1 aliphatic rings. The zero-order chi connectivity index (χ0) is 14.7. The quantitative estimate of drug-likeness (QED) is 0.396. The largest absolute Gasteiger partial charge is 0.459 e. The molecule has 0 atom stereocenters. The Morgan fingerprint density at radius 2 is 2.10 bits per heavy atom. The molecule has 2 heterocycles. The number of aromatic nitrogens is 1. The number of hydrogen-bond donors (Lipinski definition) is 1. The van der Waals surface area contributed by atoms with Crippen molar-refractivity contribution in [2.75, 3.05) is 10.4 Å². The molecule has 108 valence electrons. The lowest BCUT2D eigenvalue weighted by molar-refractivity contribution is -0.143. The van der Waals surface area contributed by atoms with E-state index in [2.05, 4.69) is 10.3 Å². The maximum Gasteiger partial charge on any atom is 0.345 e. The number of aryl methyl sites for hydroxylation is 1. The third kappa shape index (κ3) is 3.77. The summed E-state index contributed by atoms with van der Waals surface area (Å²) in [6, 6.07) is 0.